The number of nitrogens with zero attached hydrogens (tertiary/aromatic N) is 2. The first-order valence-corrected chi connectivity index (χ1v) is 11.7. The summed E-state index contributed by atoms with van der Waals surface area (Å²) in [6.45, 7) is 3.83. The molecule has 0 radical (unpaired) electrons. The molecule has 0 fully saturated rings. The molecule has 0 saturated carbocycles. The summed E-state index contributed by atoms with van der Waals surface area (Å²) in [7, 11) is 0. The van der Waals surface area contributed by atoms with Crippen LogP contribution in [0.5, 0.6) is 5.75 Å². The summed E-state index contributed by atoms with van der Waals surface area (Å²) >= 11 is 1.64. The number of halogens is 3. The van der Waals surface area contributed by atoms with Crippen LogP contribution in [-0.4, -0.2) is 32.9 Å². The first-order valence-electron chi connectivity index (χ1n) is 10.7. The van der Waals surface area contributed by atoms with Crippen LogP contribution in [0, 0.1) is 6.92 Å². The lowest BCUT2D eigenvalue weighted by Gasteiger charge is -2.18. The number of benzene rings is 2. The molecule has 5 nitrogen and oxygen atoms in total. The number of carboxylic acid groups (broad SMARTS) is 1. The molecule has 0 spiro atoms. The zero-order valence-electron chi connectivity index (χ0n) is 18.8. The van der Waals surface area contributed by atoms with Crippen molar-refractivity contribution in [2.45, 2.75) is 50.3 Å². The van der Waals surface area contributed by atoms with Crippen LogP contribution in [0.25, 0.3) is 11.4 Å². The molecule has 0 aliphatic carbocycles. The van der Waals surface area contributed by atoms with Crippen molar-refractivity contribution in [1.82, 2.24) is 9.97 Å². The number of rotatable bonds is 10. The van der Waals surface area contributed by atoms with E-state index in [-0.39, 0.29) is 23.9 Å². The summed E-state index contributed by atoms with van der Waals surface area (Å²) in [5.41, 5.74) is 1.48. The van der Waals surface area contributed by atoms with E-state index in [1.54, 1.807) is 17.8 Å². The molecular formula is C25H25F3N2O3S. The number of thioether (sulfide) groups is 1. The second-order valence-electron chi connectivity index (χ2n) is 7.83. The van der Waals surface area contributed by atoms with Crippen LogP contribution in [0.4, 0.5) is 13.2 Å². The molecule has 0 bridgehead atoms. The summed E-state index contributed by atoms with van der Waals surface area (Å²) in [5, 5.41) is 8.85. The maximum absolute atomic E-state index is 13.2. The minimum atomic E-state index is -4.48. The second-order valence-corrected chi connectivity index (χ2v) is 9.00. The van der Waals surface area contributed by atoms with Crippen LogP contribution in [0.1, 0.15) is 36.5 Å². The largest absolute Gasteiger partial charge is 0.490 e. The lowest BCUT2D eigenvalue weighted by Crippen LogP contribution is -2.14. The third kappa shape index (κ3) is 7.21. The highest BCUT2D eigenvalue weighted by Gasteiger charge is 2.31. The van der Waals surface area contributed by atoms with Gasteiger partial charge >= 0.3 is 12.1 Å². The highest BCUT2D eigenvalue weighted by molar-refractivity contribution is 7.99. The molecule has 9 heteroatoms. The number of alkyl halides is 3. The van der Waals surface area contributed by atoms with E-state index >= 15 is 0 Å². The van der Waals surface area contributed by atoms with Gasteiger partial charge in [0.1, 0.15) is 5.75 Å². The van der Waals surface area contributed by atoms with Crippen LogP contribution < -0.4 is 4.74 Å². The Morgan fingerprint density at radius 2 is 1.88 bits per heavy atom. The SMILES string of the molecule is Cc1cc(SCC[C@@H](C)Oc2ccc(C(F)(F)F)cc2-c2ncccn2)ccc1CCC(=O)O. The summed E-state index contributed by atoms with van der Waals surface area (Å²) < 4.78 is 45.7. The van der Waals surface area contributed by atoms with Gasteiger partial charge in [0.05, 0.1) is 17.2 Å². The van der Waals surface area contributed by atoms with Gasteiger partial charge in [0.25, 0.3) is 0 Å². The van der Waals surface area contributed by atoms with Gasteiger partial charge < -0.3 is 9.84 Å². The quantitative estimate of drug-likeness (QED) is 0.330. The van der Waals surface area contributed by atoms with Crippen LogP contribution in [0.3, 0.4) is 0 Å². The van der Waals surface area contributed by atoms with E-state index in [2.05, 4.69) is 9.97 Å². The molecular weight excluding hydrogens is 465 g/mol. The predicted molar refractivity (Wildman–Crippen MR) is 125 cm³/mol. The molecule has 0 saturated heterocycles. The average Bonchev–Trinajstić information content (AvgIpc) is 2.78. The Morgan fingerprint density at radius 1 is 1.15 bits per heavy atom. The fourth-order valence-corrected chi connectivity index (χ4v) is 4.43. The highest BCUT2D eigenvalue weighted by atomic mass is 32.2. The molecule has 2 aromatic carbocycles. The molecule has 0 aliphatic rings. The smallest absolute Gasteiger partial charge is 0.416 e. The van der Waals surface area contributed by atoms with Crippen molar-refractivity contribution < 1.29 is 27.8 Å². The zero-order valence-corrected chi connectivity index (χ0v) is 19.6. The molecule has 1 heterocycles. The van der Waals surface area contributed by atoms with E-state index in [0.29, 0.717) is 18.6 Å². The van der Waals surface area contributed by atoms with Crippen molar-refractivity contribution >= 4 is 17.7 Å². The third-order valence-electron chi connectivity index (χ3n) is 5.16. The molecule has 1 N–H and O–H groups in total. The van der Waals surface area contributed by atoms with E-state index in [9.17, 15) is 18.0 Å². The molecule has 0 amide bonds. The summed E-state index contributed by atoms with van der Waals surface area (Å²) in [6.07, 6.45) is -0.517. The van der Waals surface area contributed by atoms with Gasteiger partial charge in [-0.25, -0.2) is 9.97 Å². The van der Waals surface area contributed by atoms with Crippen molar-refractivity contribution in [2.75, 3.05) is 5.75 Å². The summed E-state index contributed by atoms with van der Waals surface area (Å²) in [6, 6.07) is 10.9. The fraction of sp³-hybridized carbons (Fsp3) is 0.320. The van der Waals surface area contributed by atoms with Crippen molar-refractivity contribution in [3.8, 4) is 17.1 Å². The van der Waals surface area contributed by atoms with Crippen molar-refractivity contribution in [2.24, 2.45) is 0 Å². The van der Waals surface area contributed by atoms with E-state index in [4.69, 9.17) is 9.84 Å². The Hall–Kier alpha value is -3.07. The number of carbonyl (C=O) groups is 1. The number of hydrogen-bond acceptors (Lipinski definition) is 5. The maximum Gasteiger partial charge on any atom is 0.416 e. The Bertz CT molecular complexity index is 1120. The Balaban J connectivity index is 1.63. The van der Waals surface area contributed by atoms with Gasteiger partial charge in [0, 0.05) is 29.5 Å². The zero-order chi connectivity index (χ0) is 24.7. The van der Waals surface area contributed by atoms with Crippen LogP contribution >= 0.6 is 11.8 Å². The predicted octanol–water partition coefficient (Wildman–Crippen LogP) is 6.44. The van der Waals surface area contributed by atoms with Crippen molar-refractivity contribution in [1.29, 1.82) is 0 Å². The molecule has 0 aliphatic heterocycles. The van der Waals surface area contributed by atoms with E-state index in [1.807, 2.05) is 32.0 Å². The van der Waals surface area contributed by atoms with Gasteiger partial charge in [-0.2, -0.15) is 13.2 Å². The first kappa shape index (κ1) is 25.6. The third-order valence-corrected chi connectivity index (χ3v) is 6.18. The van der Waals surface area contributed by atoms with Crippen molar-refractivity contribution in [3.63, 3.8) is 0 Å². The molecule has 180 valence electrons. The molecule has 3 aromatic rings. The van der Waals surface area contributed by atoms with Gasteiger partial charge in [0.2, 0.25) is 0 Å². The van der Waals surface area contributed by atoms with Gasteiger partial charge in [-0.1, -0.05) is 6.07 Å². The molecule has 0 unspecified atom stereocenters. The normalized spacial score (nSPS) is 12.4. The van der Waals surface area contributed by atoms with Gasteiger partial charge in [-0.3, -0.25) is 4.79 Å². The minimum absolute atomic E-state index is 0.0993. The van der Waals surface area contributed by atoms with Gasteiger partial charge in [-0.05, 0) is 74.2 Å². The molecule has 1 aromatic heterocycles. The van der Waals surface area contributed by atoms with Gasteiger partial charge in [0.15, 0.2) is 5.82 Å². The summed E-state index contributed by atoms with van der Waals surface area (Å²) in [4.78, 5) is 20.0. The maximum atomic E-state index is 13.2. The van der Waals surface area contributed by atoms with Gasteiger partial charge in [-0.15, -0.1) is 11.8 Å². The Morgan fingerprint density at radius 3 is 2.53 bits per heavy atom. The van der Waals surface area contributed by atoms with E-state index in [0.717, 1.165) is 33.9 Å². The van der Waals surface area contributed by atoms with E-state index in [1.165, 1.54) is 18.5 Å². The molecule has 3 rings (SSSR count). The number of ether oxygens (including phenoxy) is 1. The van der Waals surface area contributed by atoms with Crippen LogP contribution in [0.15, 0.2) is 59.8 Å². The number of aliphatic carboxylic acids is 1. The van der Waals surface area contributed by atoms with Crippen molar-refractivity contribution in [3.05, 3.63) is 71.5 Å². The average molecular weight is 491 g/mol. The molecule has 34 heavy (non-hydrogen) atoms. The number of hydrogen-bond donors (Lipinski definition) is 1. The van der Waals surface area contributed by atoms with Crippen LogP contribution in [-0.2, 0) is 17.4 Å². The minimum Gasteiger partial charge on any atom is -0.490 e. The Kier molecular flexibility index (Phi) is 8.55. The standard InChI is InChI=1S/C25H25F3N2O3S/c1-16-14-20(7-4-18(16)5-9-23(31)32)34-13-10-17(2)33-22-8-6-19(25(26,27)28)15-21(22)24-29-11-3-12-30-24/h3-4,6-8,11-12,14-15,17H,5,9-10,13H2,1-2H3,(H,31,32)/t17-/m1/s1. The number of carboxylic acids is 1. The fourth-order valence-electron chi connectivity index (χ4n) is 3.32. The first-order chi connectivity index (χ1) is 16.1. The summed E-state index contributed by atoms with van der Waals surface area (Å²) in [5.74, 6) is 0.396. The number of aromatic nitrogens is 2. The lowest BCUT2D eigenvalue weighted by atomic mass is 10.0. The molecule has 1 atom stereocenters. The lowest BCUT2D eigenvalue weighted by molar-refractivity contribution is -0.138. The topological polar surface area (TPSA) is 72.3 Å². The van der Waals surface area contributed by atoms with E-state index < -0.39 is 17.7 Å². The Labute approximate surface area is 200 Å². The monoisotopic (exact) mass is 490 g/mol. The van der Waals surface area contributed by atoms with Crippen LogP contribution in [0.2, 0.25) is 0 Å². The second kappa shape index (κ2) is 11.4. The number of aryl methyl sites for hydroxylation is 2. The highest BCUT2D eigenvalue weighted by Crippen LogP contribution is 2.36.